The van der Waals surface area contributed by atoms with Crippen molar-refractivity contribution in [3.05, 3.63) is 42.2 Å². The standard InChI is InChI=1S/C19H23N7O/c1-2-4-13(5-3-1)10-26-11-16-14(22-12-23-16)8-17(26)19-24-18(25-27-19)15-9-20-6-7-21-15/h6-7,9,12-13,17H,1-5,8,10-11H2,(H,22,23)/t17-/m0/s1. The number of fused-ring (bicyclic) bond motifs is 1. The Morgan fingerprint density at radius 3 is 2.93 bits per heavy atom. The van der Waals surface area contributed by atoms with Crippen molar-refractivity contribution in [2.45, 2.75) is 51.1 Å². The predicted molar refractivity (Wildman–Crippen MR) is 97.3 cm³/mol. The number of nitrogens with one attached hydrogen (secondary N) is 1. The van der Waals surface area contributed by atoms with Gasteiger partial charge in [0.25, 0.3) is 0 Å². The van der Waals surface area contributed by atoms with Crippen LogP contribution in [-0.2, 0) is 13.0 Å². The molecule has 8 heteroatoms. The van der Waals surface area contributed by atoms with Crippen molar-refractivity contribution in [2.75, 3.05) is 6.54 Å². The van der Waals surface area contributed by atoms with E-state index in [0.717, 1.165) is 31.1 Å². The summed E-state index contributed by atoms with van der Waals surface area (Å²) >= 11 is 0. The van der Waals surface area contributed by atoms with Crippen molar-refractivity contribution in [2.24, 2.45) is 5.92 Å². The van der Waals surface area contributed by atoms with Crippen molar-refractivity contribution < 1.29 is 4.52 Å². The van der Waals surface area contributed by atoms with Crippen molar-refractivity contribution in [3.63, 3.8) is 0 Å². The summed E-state index contributed by atoms with van der Waals surface area (Å²) in [4.78, 5) is 23.3. The van der Waals surface area contributed by atoms with Crippen LogP contribution >= 0.6 is 0 Å². The van der Waals surface area contributed by atoms with Crippen LogP contribution in [0.25, 0.3) is 11.5 Å². The van der Waals surface area contributed by atoms with Crippen LogP contribution < -0.4 is 0 Å². The normalized spacial score (nSPS) is 21.3. The van der Waals surface area contributed by atoms with Gasteiger partial charge in [-0.2, -0.15) is 4.98 Å². The molecule has 140 valence electrons. The van der Waals surface area contributed by atoms with E-state index in [1.54, 1.807) is 24.9 Å². The molecule has 3 aromatic rings. The second kappa shape index (κ2) is 7.19. The maximum absolute atomic E-state index is 5.66. The molecule has 0 spiro atoms. The maximum atomic E-state index is 5.66. The molecule has 0 aromatic carbocycles. The smallest absolute Gasteiger partial charge is 0.244 e. The summed E-state index contributed by atoms with van der Waals surface area (Å²) in [5, 5.41) is 4.14. The third kappa shape index (κ3) is 3.37. The molecule has 8 nitrogen and oxygen atoms in total. The molecule has 3 aromatic heterocycles. The predicted octanol–water partition coefficient (Wildman–Crippen LogP) is 2.93. The first-order valence-corrected chi connectivity index (χ1v) is 9.72. The van der Waals surface area contributed by atoms with E-state index in [4.69, 9.17) is 4.52 Å². The average molecular weight is 365 g/mol. The van der Waals surface area contributed by atoms with Crippen LogP contribution in [0.1, 0.15) is 55.4 Å². The lowest BCUT2D eigenvalue weighted by atomic mass is 9.88. The van der Waals surface area contributed by atoms with Gasteiger partial charge in [-0.05, 0) is 18.8 Å². The van der Waals surface area contributed by atoms with E-state index in [1.807, 2.05) is 0 Å². The third-order valence-electron chi connectivity index (χ3n) is 5.73. The van der Waals surface area contributed by atoms with Crippen LogP contribution in [0.2, 0.25) is 0 Å². The number of aromatic nitrogens is 6. The summed E-state index contributed by atoms with van der Waals surface area (Å²) in [6, 6.07) is 0.0562. The highest BCUT2D eigenvalue weighted by Gasteiger charge is 2.34. The van der Waals surface area contributed by atoms with Gasteiger partial charge in [0, 0.05) is 31.9 Å². The summed E-state index contributed by atoms with van der Waals surface area (Å²) in [6.07, 6.45) is 14.2. The molecule has 1 fully saturated rings. The molecule has 2 aliphatic rings. The Bertz CT molecular complexity index is 884. The van der Waals surface area contributed by atoms with Gasteiger partial charge in [-0.15, -0.1) is 0 Å². The average Bonchev–Trinajstić information content (AvgIpc) is 3.38. The Kier molecular flexibility index (Phi) is 4.41. The van der Waals surface area contributed by atoms with E-state index in [2.05, 4.69) is 35.0 Å². The zero-order valence-electron chi connectivity index (χ0n) is 15.2. The Balaban J connectivity index is 1.42. The molecule has 1 aliphatic carbocycles. The van der Waals surface area contributed by atoms with Gasteiger partial charge >= 0.3 is 0 Å². The van der Waals surface area contributed by atoms with E-state index >= 15 is 0 Å². The minimum atomic E-state index is 0.0562. The molecule has 1 N–H and O–H groups in total. The highest BCUT2D eigenvalue weighted by atomic mass is 16.5. The number of nitrogens with zero attached hydrogens (tertiary/aromatic N) is 6. The molecule has 5 rings (SSSR count). The van der Waals surface area contributed by atoms with Gasteiger partial charge in [0.05, 0.1) is 30.0 Å². The zero-order chi connectivity index (χ0) is 18.1. The van der Waals surface area contributed by atoms with Crippen LogP contribution in [0.3, 0.4) is 0 Å². The van der Waals surface area contributed by atoms with E-state index in [0.29, 0.717) is 17.4 Å². The number of imidazole rings is 1. The summed E-state index contributed by atoms with van der Waals surface area (Å²) in [5.74, 6) is 1.87. The summed E-state index contributed by atoms with van der Waals surface area (Å²) in [7, 11) is 0. The van der Waals surface area contributed by atoms with E-state index in [-0.39, 0.29) is 6.04 Å². The Morgan fingerprint density at radius 1 is 1.15 bits per heavy atom. The minimum Gasteiger partial charge on any atom is -0.347 e. The lowest BCUT2D eigenvalue weighted by Gasteiger charge is -2.36. The SMILES string of the molecule is c1cnc(-c2noc([C@@H]3Cc4nc[nH]c4CN3CC3CCCCC3)n2)cn1. The van der Waals surface area contributed by atoms with Crippen LogP contribution in [0.5, 0.6) is 0 Å². The van der Waals surface area contributed by atoms with Crippen LogP contribution in [-0.4, -0.2) is 41.5 Å². The van der Waals surface area contributed by atoms with Gasteiger partial charge in [-0.1, -0.05) is 24.4 Å². The van der Waals surface area contributed by atoms with Crippen molar-refractivity contribution in [1.82, 2.24) is 35.0 Å². The third-order valence-corrected chi connectivity index (χ3v) is 5.73. The largest absolute Gasteiger partial charge is 0.347 e. The Morgan fingerprint density at radius 2 is 2.07 bits per heavy atom. The second-order valence-electron chi connectivity index (χ2n) is 7.53. The van der Waals surface area contributed by atoms with Crippen LogP contribution in [0, 0.1) is 5.92 Å². The van der Waals surface area contributed by atoms with E-state index < -0.39 is 0 Å². The van der Waals surface area contributed by atoms with Gasteiger partial charge in [0.1, 0.15) is 5.69 Å². The van der Waals surface area contributed by atoms with Gasteiger partial charge in [0.2, 0.25) is 11.7 Å². The molecule has 0 unspecified atom stereocenters. The maximum Gasteiger partial charge on any atom is 0.244 e. The zero-order valence-corrected chi connectivity index (χ0v) is 15.2. The fraction of sp³-hybridized carbons (Fsp3) is 0.526. The van der Waals surface area contributed by atoms with Crippen molar-refractivity contribution in [3.8, 4) is 11.5 Å². The molecular weight excluding hydrogens is 342 g/mol. The number of H-pyrrole nitrogens is 1. The lowest BCUT2D eigenvalue weighted by molar-refractivity contribution is 0.104. The Hall–Kier alpha value is -2.61. The topological polar surface area (TPSA) is 96.6 Å². The van der Waals surface area contributed by atoms with E-state index in [1.165, 1.54) is 37.8 Å². The molecule has 0 bridgehead atoms. The fourth-order valence-electron chi connectivity index (χ4n) is 4.31. The first-order chi connectivity index (χ1) is 13.4. The first kappa shape index (κ1) is 16.6. The summed E-state index contributed by atoms with van der Waals surface area (Å²) in [5.41, 5.74) is 2.93. The van der Waals surface area contributed by atoms with Gasteiger partial charge < -0.3 is 9.51 Å². The Labute approximate surface area is 157 Å². The summed E-state index contributed by atoms with van der Waals surface area (Å²) in [6.45, 7) is 1.91. The minimum absolute atomic E-state index is 0.0562. The molecule has 4 heterocycles. The fourth-order valence-corrected chi connectivity index (χ4v) is 4.31. The van der Waals surface area contributed by atoms with Crippen LogP contribution in [0.15, 0.2) is 29.4 Å². The number of aromatic amines is 1. The quantitative estimate of drug-likeness (QED) is 0.759. The van der Waals surface area contributed by atoms with Crippen molar-refractivity contribution in [1.29, 1.82) is 0 Å². The molecule has 1 atom stereocenters. The first-order valence-electron chi connectivity index (χ1n) is 9.72. The number of rotatable bonds is 4. The molecule has 0 amide bonds. The molecule has 1 aliphatic heterocycles. The number of hydrogen-bond donors (Lipinski definition) is 1. The van der Waals surface area contributed by atoms with Gasteiger partial charge in [0.15, 0.2) is 0 Å². The molecule has 27 heavy (non-hydrogen) atoms. The highest BCUT2D eigenvalue weighted by molar-refractivity contribution is 5.45. The monoisotopic (exact) mass is 365 g/mol. The van der Waals surface area contributed by atoms with Gasteiger partial charge in [-0.3, -0.25) is 9.88 Å². The molecule has 0 radical (unpaired) electrons. The van der Waals surface area contributed by atoms with E-state index in [9.17, 15) is 0 Å². The molecule has 1 saturated carbocycles. The lowest BCUT2D eigenvalue weighted by Crippen LogP contribution is -2.38. The second-order valence-corrected chi connectivity index (χ2v) is 7.53. The van der Waals surface area contributed by atoms with Gasteiger partial charge in [-0.25, -0.2) is 9.97 Å². The highest BCUT2D eigenvalue weighted by Crippen LogP contribution is 2.34. The van der Waals surface area contributed by atoms with Crippen LogP contribution in [0.4, 0.5) is 0 Å². The molecular formula is C19H23N7O. The van der Waals surface area contributed by atoms with Crippen molar-refractivity contribution >= 4 is 0 Å². The molecule has 0 saturated heterocycles. The number of hydrogen-bond acceptors (Lipinski definition) is 7. The summed E-state index contributed by atoms with van der Waals surface area (Å²) < 4.78 is 5.66.